The molecule has 0 saturated carbocycles. The Labute approximate surface area is 96.1 Å². The fourth-order valence-electron chi connectivity index (χ4n) is 2.15. The van der Waals surface area contributed by atoms with Crippen LogP contribution in [-0.4, -0.2) is 19.1 Å². The summed E-state index contributed by atoms with van der Waals surface area (Å²) in [5.74, 6) is 0.809. The van der Waals surface area contributed by atoms with Gasteiger partial charge in [-0.05, 0) is 61.2 Å². The Morgan fingerprint density at radius 3 is 3.00 bits per heavy atom. The second kappa shape index (κ2) is 5.10. The lowest BCUT2D eigenvalue weighted by Gasteiger charge is -2.15. The van der Waals surface area contributed by atoms with Gasteiger partial charge in [0.25, 0.3) is 0 Å². The van der Waals surface area contributed by atoms with E-state index in [0.717, 1.165) is 19.0 Å². The first-order valence-electron chi connectivity index (χ1n) is 5.73. The van der Waals surface area contributed by atoms with Crippen molar-refractivity contribution in [2.45, 2.75) is 32.9 Å². The molecule has 2 unspecified atom stereocenters. The molecule has 2 atom stereocenters. The topological polar surface area (TPSA) is 24.1 Å². The normalized spacial score (nSPS) is 26.0. The van der Waals surface area contributed by atoms with E-state index in [1.165, 1.54) is 24.1 Å². The molecule has 1 fully saturated rings. The van der Waals surface area contributed by atoms with Crippen LogP contribution in [0, 0.1) is 12.8 Å². The molecule has 15 heavy (non-hydrogen) atoms. The molecule has 3 heteroatoms. The molecule has 84 valence electrons. The predicted molar refractivity (Wildman–Crippen MR) is 66.3 cm³/mol. The van der Waals surface area contributed by atoms with Crippen LogP contribution in [0.1, 0.15) is 24.5 Å². The molecule has 1 aliphatic heterocycles. The van der Waals surface area contributed by atoms with E-state index in [9.17, 15) is 0 Å². The number of rotatable bonds is 4. The molecule has 0 aromatic carbocycles. The van der Waals surface area contributed by atoms with Crippen molar-refractivity contribution in [1.29, 1.82) is 0 Å². The van der Waals surface area contributed by atoms with Crippen molar-refractivity contribution in [3.05, 3.63) is 21.9 Å². The molecule has 0 spiro atoms. The van der Waals surface area contributed by atoms with Gasteiger partial charge in [0.05, 0.1) is 0 Å². The summed E-state index contributed by atoms with van der Waals surface area (Å²) in [6, 6.07) is 0.682. The summed E-state index contributed by atoms with van der Waals surface area (Å²) in [4.78, 5) is 0. The Morgan fingerprint density at radius 1 is 1.53 bits per heavy atom. The van der Waals surface area contributed by atoms with Gasteiger partial charge in [0.1, 0.15) is 0 Å². The monoisotopic (exact) mass is 224 g/mol. The zero-order valence-electron chi connectivity index (χ0n) is 9.55. The third kappa shape index (κ3) is 2.80. The second-order valence-electron chi connectivity index (χ2n) is 4.50. The maximum atomic E-state index is 3.57. The SMILES string of the molecule is Cc1cscc1CNCC1CCNC1C. The fraction of sp³-hybridized carbons (Fsp3) is 0.667. The van der Waals surface area contributed by atoms with Gasteiger partial charge in [0.15, 0.2) is 0 Å². The highest BCUT2D eigenvalue weighted by Gasteiger charge is 2.21. The fourth-order valence-corrected chi connectivity index (χ4v) is 3.01. The molecule has 2 nitrogen and oxygen atoms in total. The van der Waals surface area contributed by atoms with Crippen molar-refractivity contribution in [2.24, 2.45) is 5.92 Å². The van der Waals surface area contributed by atoms with E-state index in [2.05, 4.69) is 35.2 Å². The average Bonchev–Trinajstić information content (AvgIpc) is 2.78. The Balaban J connectivity index is 1.73. The summed E-state index contributed by atoms with van der Waals surface area (Å²) < 4.78 is 0. The molecular formula is C12H20N2S. The van der Waals surface area contributed by atoms with Crippen molar-refractivity contribution in [3.8, 4) is 0 Å². The lowest BCUT2D eigenvalue weighted by Crippen LogP contribution is -2.30. The number of nitrogens with one attached hydrogen (secondary N) is 2. The summed E-state index contributed by atoms with van der Waals surface area (Å²) in [5, 5.41) is 11.5. The number of hydrogen-bond donors (Lipinski definition) is 2. The van der Waals surface area contributed by atoms with Crippen LogP contribution in [0.2, 0.25) is 0 Å². The lowest BCUT2D eigenvalue weighted by molar-refractivity contribution is 0.439. The molecule has 2 N–H and O–H groups in total. The molecule has 1 aliphatic rings. The zero-order valence-corrected chi connectivity index (χ0v) is 10.4. The quantitative estimate of drug-likeness (QED) is 0.819. The third-order valence-electron chi connectivity index (χ3n) is 3.37. The van der Waals surface area contributed by atoms with Gasteiger partial charge in [0, 0.05) is 12.6 Å². The van der Waals surface area contributed by atoms with Crippen LogP contribution >= 0.6 is 11.3 Å². The molecule has 1 aromatic rings. The minimum absolute atomic E-state index is 0.682. The summed E-state index contributed by atoms with van der Waals surface area (Å²) in [5.41, 5.74) is 2.88. The Hall–Kier alpha value is -0.380. The average molecular weight is 224 g/mol. The molecule has 1 saturated heterocycles. The highest BCUT2D eigenvalue weighted by Crippen LogP contribution is 2.15. The predicted octanol–water partition coefficient (Wildman–Crippen LogP) is 2.14. The van der Waals surface area contributed by atoms with Gasteiger partial charge < -0.3 is 10.6 Å². The van der Waals surface area contributed by atoms with E-state index in [0.29, 0.717) is 6.04 Å². The summed E-state index contributed by atoms with van der Waals surface area (Å²) >= 11 is 1.80. The Bertz CT molecular complexity index is 308. The molecule has 0 aliphatic carbocycles. The van der Waals surface area contributed by atoms with E-state index in [4.69, 9.17) is 0 Å². The van der Waals surface area contributed by atoms with Crippen molar-refractivity contribution in [2.75, 3.05) is 13.1 Å². The highest BCUT2D eigenvalue weighted by molar-refractivity contribution is 7.08. The molecule has 1 aromatic heterocycles. The zero-order chi connectivity index (χ0) is 10.7. The van der Waals surface area contributed by atoms with Gasteiger partial charge in [-0.15, -0.1) is 0 Å². The number of thiophene rings is 1. The van der Waals surface area contributed by atoms with E-state index in [-0.39, 0.29) is 0 Å². The van der Waals surface area contributed by atoms with Crippen LogP contribution in [0.5, 0.6) is 0 Å². The van der Waals surface area contributed by atoms with Gasteiger partial charge in [-0.2, -0.15) is 11.3 Å². The second-order valence-corrected chi connectivity index (χ2v) is 5.25. The van der Waals surface area contributed by atoms with Gasteiger partial charge in [0.2, 0.25) is 0 Å². The summed E-state index contributed by atoms with van der Waals surface area (Å²) in [6.45, 7) is 7.83. The summed E-state index contributed by atoms with van der Waals surface area (Å²) in [7, 11) is 0. The molecule has 0 bridgehead atoms. The van der Waals surface area contributed by atoms with Crippen LogP contribution < -0.4 is 10.6 Å². The van der Waals surface area contributed by atoms with Crippen LogP contribution in [-0.2, 0) is 6.54 Å². The minimum Gasteiger partial charge on any atom is -0.314 e. The maximum Gasteiger partial charge on any atom is 0.0216 e. The van der Waals surface area contributed by atoms with Crippen molar-refractivity contribution in [1.82, 2.24) is 10.6 Å². The van der Waals surface area contributed by atoms with Crippen molar-refractivity contribution < 1.29 is 0 Å². The largest absolute Gasteiger partial charge is 0.314 e. The van der Waals surface area contributed by atoms with E-state index in [1.807, 2.05) is 0 Å². The smallest absolute Gasteiger partial charge is 0.0216 e. The first-order valence-corrected chi connectivity index (χ1v) is 6.67. The number of aryl methyl sites for hydroxylation is 1. The standard InChI is InChI=1S/C12H20N2S/c1-9-7-15-8-12(9)6-13-5-11-3-4-14-10(11)2/h7-8,10-11,13-14H,3-6H2,1-2H3. The van der Waals surface area contributed by atoms with Crippen LogP contribution in [0.4, 0.5) is 0 Å². The van der Waals surface area contributed by atoms with Crippen LogP contribution in [0.25, 0.3) is 0 Å². The van der Waals surface area contributed by atoms with Gasteiger partial charge in [-0.1, -0.05) is 0 Å². The highest BCUT2D eigenvalue weighted by atomic mass is 32.1. The van der Waals surface area contributed by atoms with Gasteiger partial charge in [-0.3, -0.25) is 0 Å². The van der Waals surface area contributed by atoms with Crippen molar-refractivity contribution >= 4 is 11.3 Å². The number of hydrogen-bond acceptors (Lipinski definition) is 3. The van der Waals surface area contributed by atoms with Crippen LogP contribution in [0.3, 0.4) is 0 Å². The maximum absolute atomic E-state index is 3.57. The molecular weight excluding hydrogens is 204 g/mol. The minimum atomic E-state index is 0.682. The Morgan fingerprint density at radius 2 is 2.40 bits per heavy atom. The molecule has 0 radical (unpaired) electrons. The first-order chi connectivity index (χ1) is 7.27. The first kappa shape index (κ1) is 11.1. The summed E-state index contributed by atoms with van der Waals surface area (Å²) in [6.07, 6.45) is 1.32. The van der Waals surface area contributed by atoms with Gasteiger partial charge in [-0.25, -0.2) is 0 Å². The Kier molecular flexibility index (Phi) is 3.78. The third-order valence-corrected chi connectivity index (χ3v) is 4.28. The van der Waals surface area contributed by atoms with Crippen LogP contribution in [0.15, 0.2) is 10.8 Å². The van der Waals surface area contributed by atoms with E-state index in [1.54, 1.807) is 11.3 Å². The van der Waals surface area contributed by atoms with Crippen molar-refractivity contribution in [3.63, 3.8) is 0 Å². The van der Waals surface area contributed by atoms with E-state index < -0.39 is 0 Å². The lowest BCUT2D eigenvalue weighted by atomic mass is 10.0. The molecule has 2 rings (SSSR count). The van der Waals surface area contributed by atoms with Gasteiger partial charge >= 0.3 is 0 Å². The molecule has 0 amide bonds. The molecule has 2 heterocycles. The van der Waals surface area contributed by atoms with E-state index >= 15 is 0 Å².